The third-order valence-corrected chi connectivity index (χ3v) is 14.7. The van der Waals surface area contributed by atoms with Gasteiger partial charge in [-0.05, 0) is 104 Å². The molecule has 3 aliphatic carbocycles. The Morgan fingerprint density at radius 2 is 1.78 bits per heavy atom. The van der Waals surface area contributed by atoms with E-state index in [1.54, 1.807) is 0 Å². The van der Waals surface area contributed by atoms with Crippen molar-refractivity contribution in [3.63, 3.8) is 0 Å². The molecule has 16 heteroatoms. The highest BCUT2D eigenvalue weighted by molar-refractivity contribution is 5.78. The van der Waals surface area contributed by atoms with Crippen LogP contribution in [0.25, 0.3) is 0 Å². The molecule has 3 aliphatic heterocycles. The number of nitrogens with zero attached hydrogens (tertiary/aromatic N) is 5. The predicted octanol–water partition coefficient (Wildman–Crippen LogP) is 3.28. The van der Waals surface area contributed by atoms with Gasteiger partial charge in [-0.15, -0.1) is 0 Å². The first-order chi connectivity index (χ1) is 28.4. The third-order valence-electron chi connectivity index (χ3n) is 14.7. The fourth-order valence-corrected chi connectivity index (χ4v) is 11.3. The fraction of sp³-hybridized carbons (Fsp3) is 0.744. The standard InChI is InChI=1S/C43H62F3N7O6/c1-42-12-9-31-30-6-4-29(21-27(30)3-5-32(31)33(42)7-8-37(42)54)58-20-2-13-48-39(55)25-51-14-10-28(11-15-51)53-18-16-52(17-19-53)24-35-41(57)40(56)34(26-59-35)49-38-23-47-22-36(50-38)43(44,45)46/h4,6,21-23,28,31-35,37,40-41,54,56-57H,2-3,5,7-20,24-26H2,1H3,(H,48,55)(H,49,50)/t31-,32-,33+,34+,35-,37+,40-,41+,42+/m1/s1. The summed E-state index contributed by atoms with van der Waals surface area (Å²) in [5.41, 5.74) is 1.86. The van der Waals surface area contributed by atoms with E-state index < -0.39 is 36.2 Å². The van der Waals surface area contributed by atoms with Crippen molar-refractivity contribution in [1.29, 1.82) is 0 Å². The van der Waals surface area contributed by atoms with Crippen LogP contribution in [0.5, 0.6) is 5.75 Å². The summed E-state index contributed by atoms with van der Waals surface area (Å²) in [7, 11) is 0. The number of carbonyl (C=O) groups is 1. The normalized spacial score (nSPS) is 33.5. The van der Waals surface area contributed by atoms with Crippen LogP contribution >= 0.6 is 0 Å². The molecule has 9 atom stereocenters. The number of aryl methyl sites for hydroxylation is 1. The maximum absolute atomic E-state index is 13.0. The number of piperidine rings is 1. The van der Waals surface area contributed by atoms with Crippen molar-refractivity contribution in [2.24, 2.45) is 17.3 Å². The number of amides is 1. The van der Waals surface area contributed by atoms with Gasteiger partial charge >= 0.3 is 6.18 Å². The lowest BCUT2D eigenvalue weighted by molar-refractivity contribution is -0.148. The molecular weight excluding hydrogens is 768 g/mol. The van der Waals surface area contributed by atoms with Crippen molar-refractivity contribution in [3.05, 3.63) is 47.4 Å². The van der Waals surface area contributed by atoms with Gasteiger partial charge in [-0.25, -0.2) is 4.98 Å². The monoisotopic (exact) mass is 829 g/mol. The van der Waals surface area contributed by atoms with Gasteiger partial charge in [-0.2, -0.15) is 13.2 Å². The lowest BCUT2D eigenvalue weighted by Gasteiger charge is -2.50. The molecule has 0 radical (unpaired) electrons. The van der Waals surface area contributed by atoms with Crippen LogP contribution in [0.4, 0.5) is 19.0 Å². The van der Waals surface area contributed by atoms with E-state index in [0.29, 0.717) is 56.2 Å². The summed E-state index contributed by atoms with van der Waals surface area (Å²) < 4.78 is 51.1. The minimum atomic E-state index is -4.65. The second-order valence-electron chi connectivity index (χ2n) is 18.2. The highest BCUT2D eigenvalue weighted by Gasteiger charge is 2.54. The van der Waals surface area contributed by atoms with E-state index in [9.17, 15) is 33.3 Å². The molecule has 1 aromatic carbocycles. The van der Waals surface area contributed by atoms with E-state index in [-0.39, 0.29) is 29.9 Å². The Hall–Kier alpha value is -3.12. The Kier molecular flexibility index (Phi) is 13.0. The van der Waals surface area contributed by atoms with Gasteiger partial charge in [0.25, 0.3) is 0 Å². The first-order valence-corrected chi connectivity index (χ1v) is 21.9. The van der Waals surface area contributed by atoms with Gasteiger partial charge in [0.05, 0.1) is 50.4 Å². The molecule has 3 saturated heterocycles. The van der Waals surface area contributed by atoms with Crippen LogP contribution in [-0.2, 0) is 22.1 Å². The highest BCUT2D eigenvalue weighted by Crippen LogP contribution is 2.61. The molecule has 2 aromatic rings. The lowest BCUT2D eigenvalue weighted by atomic mass is 9.55. The number of aromatic nitrogens is 2. The van der Waals surface area contributed by atoms with Gasteiger partial charge in [-0.1, -0.05) is 13.0 Å². The number of aliphatic hydroxyl groups is 3. The van der Waals surface area contributed by atoms with E-state index in [1.807, 2.05) is 0 Å². The quantitative estimate of drug-likeness (QED) is 0.200. The maximum Gasteiger partial charge on any atom is 0.434 e. The van der Waals surface area contributed by atoms with Crippen LogP contribution < -0.4 is 15.4 Å². The zero-order valence-electron chi connectivity index (χ0n) is 34.2. The molecule has 2 saturated carbocycles. The zero-order valence-corrected chi connectivity index (χ0v) is 34.2. The molecule has 1 amide bonds. The van der Waals surface area contributed by atoms with Gasteiger partial charge < -0.3 is 35.4 Å². The summed E-state index contributed by atoms with van der Waals surface area (Å²) in [6.45, 7) is 9.33. The average Bonchev–Trinajstić information content (AvgIpc) is 3.54. The molecule has 326 valence electrons. The Bertz CT molecular complexity index is 1740. The number of anilines is 1. The molecule has 1 aromatic heterocycles. The second-order valence-corrected chi connectivity index (χ2v) is 18.2. The molecule has 6 aliphatic rings. The molecule has 5 fully saturated rings. The van der Waals surface area contributed by atoms with E-state index >= 15 is 0 Å². The smallest absolute Gasteiger partial charge is 0.434 e. The number of hydrogen-bond acceptors (Lipinski definition) is 12. The molecule has 0 spiro atoms. The van der Waals surface area contributed by atoms with Gasteiger partial charge in [0, 0.05) is 58.4 Å². The van der Waals surface area contributed by atoms with Crippen molar-refractivity contribution in [1.82, 2.24) is 30.0 Å². The van der Waals surface area contributed by atoms with Crippen molar-refractivity contribution < 1.29 is 42.8 Å². The number of piperazine rings is 1. The fourth-order valence-electron chi connectivity index (χ4n) is 11.3. The van der Waals surface area contributed by atoms with E-state index in [2.05, 4.69) is 60.4 Å². The van der Waals surface area contributed by atoms with Crippen LogP contribution in [0.1, 0.15) is 81.0 Å². The lowest BCUT2D eigenvalue weighted by Crippen LogP contribution is -2.60. The van der Waals surface area contributed by atoms with E-state index in [4.69, 9.17) is 9.47 Å². The number of likely N-dealkylation sites (tertiary alicyclic amines) is 1. The summed E-state index contributed by atoms with van der Waals surface area (Å²) in [5.74, 6) is 2.71. The van der Waals surface area contributed by atoms with Crippen LogP contribution in [0.2, 0.25) is 0 Å². The molecule has 59 heavy (non-hydrogen) atoms. The number of benzene rings is 1. The Morgan fingerprint density at radius 1 is 0.983 bits per heavy atom. The highest BCUT2D eigenvalue weighted by atomic mass is 19.4. The van der Waals surface area contributed by atoms with Gasteiger partial charge in [0.2, 0.25) is 5.91 Å². The van der Waals surface area contributed by atoms with Gasteiger partial charge in [0.1, 0.15) is 23.8 Å². The molecule has 4 heterocycles. The number of aliphatic hydroxyl groups excluding tert-OH is 3. The van der Waals surface area contributed by atoms with Crippen LogP contribution in [0.3, 0.4) is 0 Å². The number of fused-ring (bicyclic) bond motifs is 5. The molecule has 5 N–H and O–H groups in total. The Morgan fingerprint density at radius 3 is 2.56 bits per heavy atom. The third kappa shape index (κ3) is 9.53. The number of halogens is 3. The van der Waals surface area contributed by atoms with Gasteiger partial charge in [0.15, 0.2) is 5.69 Å². The van der Waals surface area contributed by atoms with E-state index in [1.165, 1.54) is 17.5 Å². The first-order valence-electron chi connectivity index (χ1n) is 21.9. The van der Waals surface area contributed by atoms with Crippen molar-refractivity contribution in [2.45, 2.75) is 113 Å². The minimum absolute atomic E-state index is 0.00326. The molecule has 13 nitrogen and oxygen atoms in total. The Balaban J connectivity index is 0.685. The second kappa shape index (κ2) is 18.1. The van der Waals surface area contributed by atoms with Crippen LogP contribution in [0.15, 0.2) is 30.6 Å². The number of rotatable bonds is 12. The summed E-state index contributed by atoms with van der Waals surface area (Å²) in [5, 5.41) is 38.1. The molecule has 8 rings (SSSR count). The minimum Gasteiger partial charge on any atom is -0.494 e. The van der Waals surface area contributed by atoms with Crippen molar-refractivity contribution >= 4 is 11.7 Å². The SMILES string of the molecule is C[C@]12CC[C@@H]3c4ccc(OCCCNC(=O)CN5CCC(N6CCN(C[C@H]7OC[C@H](Nc8cncc(C(F)(F)F)n8)[C@@H](O)[C@H]7O)CC6)CC5)cc4CC[C@H]3[C@@H]1CC[C@@H]2O. The molecule has 0 bridgehead atoms. The number of ether oxygens (including phenoxy) is 2. The van der Waals surface area contributed by atoms with Crippen LogP contribution in [-0.4, -0.2) is 155 Å². The summed E-state index contributed by atoms with van der Waals surface area (Å²) in [4.78, 5) is 26.8. The van der Waals surface area contributed by atoms with Crippen molar-refractivity contribution in [2.75, 3.05) is 77.4 Å². The number of alkyl halides is 3. The molecule has 0 unspecified atom stereocenters. The first kappa shape index (κ1) is 42.6. The number of carbonyl (C=O) groups excluding carboxylic acids is 1. The summed E-state index contributed by atoms with van der Waals surface area (Å²) >= 11 is 0. The predicted molar refractivity (Wildman–Crippen MR) is 214 cm³/mol. The van der Waals surface area contributed by atoms with Gasteiger partial charge in [-0.3, -0.25) is 24.5 Å². The molecular formula is C43H62F3N7O6. The van der Waals surface area contributed by atoms with Crippen molar-refractivity contribution in [3.8, 4) is 5.75 Å². The van der Waals surface area contributed by atoms with Crippen LogP contribution in [0, 0.1) is 17.3 Å². The zero-order chi connectivity index (χ0) is 41.3. The summed E-state index contributed by atoms with van der Waals surface area (Å²) in [6.07, 6.45) is 3.26. The Labute approximate surface area is 345 Å². The average molecular weight is 830 g/mol. The largest absolute Gasteiger partial charge is 0.494 e. The number of hydrogen-bond donors (Lipinski definition) is 5. The summed E-state index contributed by atoms with van der Waals surface area (Å²) in [6, 6.07) is 6.25. The van der Waals surface area contributed by atoms with E-state index in [0.717, 1.165) is 103 Å². The topological polar surface area (TPSA) is 156 Å². The number of nitrogens with one attached hydrogen (secondary N) is 2. The maximum atomic E-state index is 13.0.